The molecule has 21 heavy (non-hydrogen) atoms. The Hall–Kier alpha value is -2.18. The summed E-state index contributed by atoms with van der Waals surface area (Å²) >= 11 is 0. The minimum atomic E-state index is -2.89. The summed E-state index contributed by atoms with van der Waals surface area (Å²) in [6, 6.07) is 5.69. The van der Waals surface area contributed by atoms with E-state index in [4.69, 9.17) is 5.11 Å². The van der Waals surface area contributed by atoms with Crippen LogP contribution < -0.4 is 10.1 Å². The molecule has 0 spiro atoms. The van der Waals surface area contributed by atoms with Crippen molar-refractivity contribution in [2.45, 2.75) is 38.8 Å². The summed E-state index contributed by atoms with van der Waals surface area (Å²) in [5.41, 5.74) is -0.248. The van der Waals surface area contributed by atoms with Gasteiger partial charge < -0.3 is 15.2 Å². The number of nitrogens with one attached hydrogen (secondary N) is 1. The largest absolute Gasteiger partial charge is 0.481 e. The summed E-state index contributed by atoms with van der Waals surface area (Å²) in [6.45, 7) is 0.327. The number of carbonyl (C=O) groups excluding carboxylic acids is 1. The van der Waals surface area contributed by atoms with Crippen LogP contribution in [-0.2, 0) is 16.0 Å². The van der Waals surface area contributed by atoms with Gasteiger partial charge in [-0.3, -0.25) is 9.59 Å². The first kappa shape index (κ1) is 16.9. The zero-order valence-corrected chi connectivity index (χ0v) is 11.7. The molecule has 0 unspecified atom stereocenters. The molecule has 0 radical (unpaired) electrons. The second kappa shape index (κ2) is 7.01. The summed E-state index contributed by atoms with van der Waals surface area (Å²) in [6.07, 6.45) is -0.169. The number of alkyl halides is 2. The second-order valence-electron chi connectivity index (χ2n) is 5.20. The maximum atomic E-state index is 12.0. The molecule has 0 aliphatic carbocycles. The number of benzene rings is 1. The molecule has 116 valence electrons. The molecular formula is C14H17F2NO4. The number of carboxylic acids is 1. The standard InChI is InChI=1S/C14H17F2NO4/c1-14(2,8-12(19)20)17-11(18)7-9-3-5-10(6-4-9)21-13(15)16/h3-6,13H,7-8H2,1-2H3,(H,17,18)(H,19,20). The van der Waals surface area contributed by atoms with Crippen molar-refractivity contribution in [2.75, 3.05) is 0 Å². The maximum absolute atomic E-state index is 12.0. The van der Waals surface area contributed by atoms with Crippen molar-refractivity contribution in [1.29, 1.82) is 0 Å². The van der Waals surface area contributed by atoms with Gasteiger partial charge in [0.1, 0.15) is 5.75 Å². The molecule has 0 saturated carbocycles. The second-order valence-corrected chi connectivity index (χ2v) is 5.20. The average molecular weight is 301 g/mol. The van der Waals surface area contributed by atoms with Gasteiger partial charge in [0.05, 0.1) is 12.8 Å². The van der Waals surface area contributed by atoms with Crippen LogP contribution in [0.15, 0.2) is 24.3 Å². The van der Waals surface area contributed by atoms with Gasteiger partial charge in [-0.1, -0.05) is 12.1 Å². The minimum absolute atomic E-state index is 0.0142. The first-order chi connectivity index (χ1) is 9.68. The van der Waals surface area contributed by atoms with E-state index in [9.17, 15) is 18.4 Å². The molecule has 0 aliphatic rings. The van der Waals surface area contributed by atoms with Crippen LogP contribution in [0.4, 0.5) is 8.78 Å². The normalized spacial score (nSPS) is 11.3. The molecule has 1 rings (SSSR count). The minimum Gasteiger partial charge on any atom is -0.481 e. The van der Waals surface area contributed by atoms with Crippen LogP contribution in [-0.4, -0.2) is 29.1 Å². The highest BCUT2D eigenvalue weighted by Crippen LogP contribution is 2.15. The van der Waals surface area contributed by atoms with Crippen molar-refractivity contribution in [3.05, 3.63) is 29.8 Å². The predicted molar refractivity (Wildman–Crippen MR) is 71.3 cm³/mol. The number of carboxylic acid groups (broad SMARTS) is 1. The van der Waals surface area contributed by atoms with Crippen molar-refractivity contribution < 1.29 is 28.2 Å². The SMILES string of the molecule is CC(C)(CC(=O)O)NC(=O)Cc1ccc(OC(F)F)cc1. The van der Waals surface area contributed by atoms with E-state index in [1.165, 1.54) is 24.3 Å². The molecule has 5 nitrogen and oxygen atoms in total. The molecule has 1 aromatic carbocycles. The lowest BCUT2D eigenvalue weighted by Gasteiger charge is -2.24. The molecular weight excluding hydrogens is 284 g/mol. The van der Waals surface area contributed by atoms with Crippen LogP contribution in [0.2, 0.25) is 0 Å². The number of amides is 1. The van der Waals surface area contributed by atoms with Gasteiger partial charge in [0.2, 0.25) is 5.91 Å². The van der Waals surface area contributed by atoms with Crippen molar-refractivity contribution in [3.8, 4) is 5.75 Å². The van der Waals surface area contributed by atoms with Gasteiger partial charge in [-0.05, 0) is 31.5 Å². The van der Waals surface area contributed by atoms with Crippen LogP contribution in [0.1, 0.15) is 25.8 Å². The average Bonchev–Trinajstić information content (AvgIpc) is 2.28. The highest BCUT2D eigenvalue weighted by Gasteiger charge is 2.23. The van der Waals surface area contributed by atoms with Gasteiger partial charge in [-0.15, -0.1) is 0 Å². The molecule has 0 atom stereocenters. The molecule has 0 saturated heterocycles. The van der Waals surface area contributed by atoms with Crippen LogP contribution in [0.5, 0.6) is 5.75 Å². The first-order valence-electron chi connectivity index (χ1n) is 6.24. The van der Waals surface area contributed by atoms with Crippen LogP contribution in [0.3, 0.4) is 0 Å². The van der Waals surface area contributed by atoms with E-state index in [1.54, 1.807) is 13.8 Å². The summed E-state index contributed by atoms with van der Waals surface area (Å²) in [7, 11) is 0. The van der Waals surface area contributed by atoms with E-state index in [0.29, 0.717) is 5.56 Å². The van der Waals surface area contributed by atoms with Crippen molar-refractivity contribution in [2.24, 2.45) is 0 Å². The highest BCUT2D eigenvalue weighted by molar-refractivity contribution is 5.80. The van der Waals surface area contributed by atoms with Gasteiger partial charge in [-0.25, -0.2) is 0 Å². The van der Waals surface area contributed by atoms with E-state index >= 15 is 0 Å². The molecule has 0 heterocycles. The van der Waals surface area contributed by atoms with Gasteiger partial charge in [0, 0.05) is 5.54 Å². The lowest BCUT2D eigenvalue weighted by molar-refractivity contribution is -0.138. The predicted octanol–water partition coefficient (Wildman–Crippen LogP) is 2.20. The molecule has 0 aromatic heterocycles. The molecule has 1 amide bonds. The van der Waals surface area contributed by atoms with Crippen LogP contribution in [0.25, 0.3) is 0 Å². The lowest BCUT2D eigenvalue weighted by atomic mass is 10.00. The highest BCUT2D eigenvalue weighted by atomic mass is 19.3. The number of ether oxygens (including phenoxy) is 1. The van der Waals surface area contributed by atoms with Gasteiger partial charge >= 0.3 is 12.6 Å². The Bertz CT molecular complexity index is 500. The van der Waals surface area contributed by atoms with E-state index < -0.39 is 18.1 Å². The fourth-order valence-electron chi connectivity index (χ4n) is 1.82. The van der Waals surface area contributed by atoms with Crippen LogP contribution >= 0.6 is 0 Å². The van der Waals surface area contributed by atoms with E-state index in [0.717, 1.165) is 0 Å². The lowest BCUT2D eigenvalue weighted by Crippen LogP contribution is -2.45. The van der Waals surface area contributed by atoms with Crippen molar-refractivity contribution in [3.63, 3.8) is 0 Å². The maximum Gasteiger partial charge on any atom is 0.387 e. The number of halogens is 2. The smallest absolute Gasteiger partial charge is 0.387 e. The topological polar surface area (TPSA) is 75.6 Å². The zero-order chi connectivity index (χ0) is 16.0. The fraction of sp³-hybridized carbons (Fsp3) is 0.429. The number of rotatable bonds is 7. The van der Waals surface area contributed by atoms with Gasteiger partial charge in [-0.2, -0.15) is 8.78 Å². The summed E-state index contributed by atoms with van der Waals surface area (Å²) < 4.78 is 28.2. The number of carbonyl (C=O) groups is 2. The molecule has 7 heteroatoms. The van der Waals surface area contributed by atoms with Crippen molar-refractivity contribution >= 4 is 11.9 Å². The van der Waals surface area contributed by atoms with E-state index in [1.807, 2.05) is 0 Å². The molecule has 0 fully saturated rings. The Kier molecular flexibility index (Phi) is 5.63. The van der Waals surface area contributed by atoms with Gasteiger partial charge in [0.15, 0.2) is 0 Å². The molecule has 2 N–H and O–H groups in total. The third-order valence-electron chi connectivity index (χ3n) is 2.58. The molecule has 1 aromatic rings. The zero-order valence-electron chi connectivity index (χ0n) is 11.7. The van der Waals surface area contributed by atoms with E-state index in [-0.39, 0.29) is 24.5 Å². The summed E-state index contributed by atoms with van der Waals surface area (Å²) in [5, 5.41) is 11.3. The van der Waals surface area contributed by atoms with E-state index in [2.05, 4.69) is 10.1 Å². The Morgan fingerprint density at radius 3 is 2.33 bits per heavy atom. The quantitative estimate of drug-likeness (QED) is 0.809. The first-order valence-corrected chi connectivity index (χ1v) is 6.24. The third kappa shape index (κ3) is 6.69. The number of hydrogen-bond acceptors (Lipinski definition) is 3. The Morgan fingerprint density at radius 2 is 1.86 bits per heavy atom. The Morgan fingerprint density at radius 1 is 1.29 bits per heavy atom. The number of hydrogen-bond donors (Lipinski definition) is 2. The molecule has 0 bridgehead atoms. The molecule has 0 aliphatic heterocycles. The van der Waals surface area contributed by atoms with Gasteiger partial charge in [0.25, 0.3) is 0 Å². The number of aliphatic carboxylic acids is 1. The Balaban J connectivity index is 2.56. The Labute approximate surface area is 120 Å². The van der Waals surface area contributed by atoms with Crippen molar-refractivity contribution in [1.82, 2.24) is 5.32 Å². The summed E-state index contributed by atoms with van der Waals surface area (Å²) in [4.78, 5) is 22.5. The summed E-state index contributed by atoms with van der Waals surface area (Å²) in [5.74, 6) is -1.34. The fourth-order valence-corrected chi connectivity index (χ4v) is 1.82. The third-order valence-corrected chi connectivity index (χ3v) is 2.58. The monoisotopic (exact) mass is 301 g/mol. The van der Waals surface area contributed by atoms with Crippen LogP contribution in [0, 0.1) is 0 Å².